The van der Waals surface area contributed by atoms with E-state index < -0.39 is 60.2 Å². The van der Waals surface area contributed by atoms with Crippen LogP contribution in [0.15, 0.2) is 0 Å². The van der Waals surface area contributed by atoms with Gasteiger partial charge in [0, 0.05) is 27.7 Å². The van der Waals surface area contributed by atoms with Crippen molar-refractivity contribution in [1.29, 1.82) is 0 Å². The van der Waals surface area contributed by atoms with Crippen LogP contribution in [0.5, 0.6) is 0 Å². The van der Waals surface area contributed by atoms with Gasteiger partial charge < -0.3 is 29.0 Å². The Morgan fingerprint density at radius 1 is 0.840 bits per heavy atom. The van der Waals surface area contributed by atoms with Gasteiger partial charge in [-0.05, 0) is 6.92 Å². The summed E-state index contributed by atoms with van der Waals surface area (Å²) < 4.78 is 27.2. The van der Waals surface area contributed by atoms with Crippen molar-refractivity contribution in [2.45, 2.75) is 71.0 Å². The summed E-state index contributed by atoms with van der Waals surface area (Å²) in [5.74, 6) is -3.90. The molecule has 0 aromatic heterocycles. The second-order valence-corrected chi connectivity index (χ2v) is 6.02. The molecule has 0 aromatic carbocycles. The molecule has 10 nitrogen and oxygen atoms in total. The first-order chi connectivity index (χ1) is 11.5. The van der Waals surface area contributed by atoms with Crippen LogP contribution >= 0.6 is 0 Å². The Morgan fingerprint density at radius 3 is 1.84 bits per heavy atom. The Kier molecular flexibility index (Phi) is 5.33. The van der Waals surface area contributed by atoms with Gasteiger partial charge >= 0.3 is 17.9 Å². The molecule has 140 valence electrons. The highest BCUT2D eigenvalue weighted by Crippen LogP contribution is 2.43. The lowest BCUT2D eigenvalue weighted by Gasteiger charge is -2.43. The highest BCUT2D eigenvalue weighted by atomic mass is 16.8. The molecule has 2 heterocycles. The number of carbonyl (C=O) groups is 4. The van der Waals surface area contributed by atoms with Crippen molar-refractivity contribution >= 4 is 23.8 Å². The fourth-order valence-electron chi connectivity index (χ4n) is 3.02. The zero-order chi connectivity index (χ0) is 18.9. The topological polar surface area (TPSA) is 126 Å². The van der Waals surface area contributed by atoms with E-state index in [1.807, 2.05) is 0 Å². The molecular formula is C15H21NO9. The number of nitrogens with one attached hydrogen (secondary N) is 1. The third-order valence-electron chi connectivity index (χ3n) is 3.73. The summed E-state index contributed by atoms with van der Waals surface area (Å²) in [5, 5.41) is 2.53. The summed E-state index contributed by atoms with van der Waals surface area (Å²) >= 11 is 0. The molecule has 25 heavy (non-hydrogen) atoms. The summed E-state index contributed by atoms with van der Waals surface area (Å²) in [6.07, 6.45) is -5.43. The maximum absolute atomic E-state index is 11.5. The first-order valence-electron chi connectivity index (χ1n) is 7.68. The molecule has 0 unspecified atom stereocenters. The van der Waals surface area contributed by atoms with Gasteiger partial charge in [-0.15, -0.1) is 0 Å². The molecule has 0 aliphatic carbocycles. The van der Waals surface area contributed by atoms with E-state index in [1.54, 1.807) is 0 Å². The largest absolute Gasteiger partial charge is 0.455 e. The molecule has 2 aliphatic rings. The lowest BCUT2D eigenvalue weighted by molar-refractivity contribution is -0.295. The van der Waals surface area contributed by atoms with E-state index in [1.165, 1.54) is 34.6 Å². The average Bonchev–Trinajstić information content (AvgIpc) is 2.72. The molecule has 2 rings (SSSR count). The van der Waals surface area contributed by atoms with Gasteiger partial charge in [-0.25, -0.2) is 0 Å². The minimum absolute atomic E-state index is 0.403. The average molecular weight is 359 g/mol. The summed E-state index contributed by atoms with van der Waals surface area (Å²) in [6, 6.07) is 0. The molecule has 2 saturated heterocycles. The van der Waals surface area contributed by atoms with Crippen LogP contribution in [0.2, 0.25) is 0 Å². The Labute approximate surface area is 144 Å². The van der Waals surface area contributed by atoms with Gasteiger partial charge in [-0.3, -0.25) is 19.2 Å². The number of rotatable bonds is 4. The fourth-order valence-corrected chi connectivity index (χ4v) is 3.02. The lowest BCUT2D eigenvalue weighted by atomic mass is 9.94. The zero-order valence-electron chi connectivity index (χ0n) is 14.6. The van der Waals surface area contributed by atoms with Crippen molar-refractivity contribution in [1.82, 2.24) is 5.32 Å². The van der Waals surface area contributed by atoms with E-state index in [4.69, 9.17) is 23.7 Å². The maximum atomic E-state index is 11.5. The van der Waals surface area contributed by atoms with Gasteiger partial charge in [0.25, 0.3) is 0 Å². The third-order valence-corrected chi connectivity index (χ3v) is 3.73. The molecule has 1 amide bonds. The highest BCUT2D eigenvalue weighted by Gasteiger charge is 2.66. The van der Waals surface area contributed by atoms with Crippen LogP contribution in [0, 0.1) is 0 Å². The maximum Gasteiger partial charge on any atom is 0.303 e. The van der Waals surface area contributed by atoms with E-state index >= 15 is 0 Å². The third kappa shape index (κ3) is 4.07. The smallest absolute Gasteiger partial charge is 0.303 e. The van der Waals surface area contributed by atoms with Crippen molar-refractivity contribution in [3.8, 4) is 0 Å². The van der Waals surface area contributed by atoms with Crippen molar-refractivity contribution < 1.29 is 42.9 Å². The van der Waals surface area contributed by atoms with Gasteiger partial charge in [-0.1, -0.05) is 0 Å². The molecular weight excluding hydrogens is 338 g/mol. The standard InChI is InChI=1S/C15H21NO9/c1-6(17)16-14-12-10(21-7(2)18)11(22-8(3)19)13(23-9(4)20)15(5,24-12)25-14/h10-14H,1-5H3,(H,16,17)/t10-,11-,12+,13-,14-,15+/m0/s1. The predicted molar refractivity (Wildman–Crippen MR) is 78.6 cm³/mol. The van der Waals surface area contributed by atoms with Gasteiger partial charge in [0.05, 0.1) is 0 Å². The van der Waals surface area contributed by atoms with Crippen molar-refractivity contribution in [3.05, 3.63) is 0 Å². The Bertz CT molecular complexity index is 592. The molecule has 2 aliphatic heterocycles. The Morgan fingerprint density at radius 2 is 1.36 bits per heavy atom. The van der Waals surface area contributed by atoms with Gasteiger partial charge in [0.2, 0.25) is 11.7 Å². The van der Waals surface area contributed by atoms with Crippen molar-refractivity contribution in [2.24, 2.45) is 0 Å². The van der Waals surface area contributed by atoms with Crippen molar-refractivity contribution in [3.63, 3.8) is 0 Å². The lowest BCUT2D eigenvalue weighted by Crippen LogP contribution is -2.63. The molecule has 10 heteroatoms. The van der Waals surface area contributed by atoms with Crippen LogP contribution in [-0.4, -0.2) is 60.2 Å². The molecule has 1 N–H and O–H groups in total. The summed E-state index contributed by atoms with van der Waals surface area (Å²) in [5.41, 5.74) is 0. The first kappa shape index (κ1) is 19.1. The minimum Gasteiger partial charge on any atom is -0.455 e. The summed E-state index contributed by atoms with van der Waals surface area (Å²) in [6.45, 7) is 6.27. The number of fused-ring (bicyclic) bond motifs is 2. The van der Waals surface area contributed by atoms with Crippen LogP contribution in [0.3, 0.4) is 0 Å². The van der Waals surface area contributed by atoms with E-state index in [-0.39, 0.29) is 0 Å². The zero-order valence-corrected chi connectivity index (χ0v) is 14.6. The number of hydrogen-bond acceptors (Lipinski definition) is 9. The van der Waals surface area contributed by atoms with Gasteiger partial charge in [-0.2, -0.15) is 0 Å². The van der Waals surface area contributed by atoms with Gasteiger partial charge in [0.1, 0.15) is 6.10 Å². The molecule has 0 spiro atoms. The van der Waals surface area contributed by atoms with Crippen LogP contribution in [0.4, 0.5) is 0 Å². The van der Waals surface area contributed by atoms with E-state index in [0.29, 0.717) is 0 Å². The number of ether oxygens (including phenoxy) is 5. The second kappa shape index (κ2) is 6.96. The summed E-state index contributed by atoms with van der Waals surface area (Å²) in [4.78, 5) is 45.9. The van der Waals surface area contributed by atoms with Gasteiger partial charge in [0.15, 0.2) is 24.5 Å². The number of carbonyl (C=O) groups excluding carboxylic acids is 4. The predicted octanol–water partition coefficient (Wildman–Crippen LogP) is -0.611. The number of esters is 3. The molecule has 0 aromatic rings. The Balaban J connectivity index is 2.44. The first-order valence-corrected chi connectivity index (χ1v) is 7.68. The van der Waals surface area contributed by atoms with Crippen LogP contribution in [0.25, 0.3) is 0 Å². The number of hydrogen-bond donors (Lipinski definition) is 1. The number of amides is 1. The van der Waals surface area contributed by atoms with Crippen molar-refractivity contribution in [2.75, 3.05) is 0 Å². The van der Waals surface area contributed by atoms with Crippen LogP contribution in [-0.2, 0) is 42.9 Å². The second-order valence-electron chi connectivity index (χ2n) is 6.02. The van der Waals surface area contributed by atoms with Crippen LogP contribution in [0.1, 0.15) is 34.6 Å². The minimum atomic E-state index is -1.50. The summed E-state index contributed by atoms with van der Waals surface area (Å²) in [7, 11) is 0. The monoisotopic (exact) mass is 359 g/mol. The molecule has 0 saturated carbocycles. The fraction of sp³-hybridized carbons (Fsp3) is 0.733. The quantitative estimate of drug-likeness (QED) is 0.516. The molecule has 0 radical (unpaired) electrons. The molecule has 2 bridgehead atoms. The normalized spacial score (nSPS) is 36.3. The molecule has 2 fully saturated rings. The van der Waals surface area contributed by atoms with E-state index in [2.05, 4.69) is 5.32 Å². The SMILES string of the molecule is CC(=O)N[C@H]1O[C@@]2(C)O[C@@H]1[C@@H](OC(C)=O)[C@H](OC(C)=O)[C@@H]2OC(C)=O. The van der Waals surface area contributed by atoms with Crippen LogP contribution < -0.4 is 5.32 Å². The van der Waals surface area contributed by atoms with E-state index in [9.17, 15) is 19.2 Å². The highest BCUT2D eigenvalue weighted by molar-refractivity contribution is 5.73. The molecule has 6 atom stereocenters. The Hall–Kier alpha value is -2.20. The van der Waals surface area contributed by atoms with E-state index in [0.717, 1.165) is 0 Å².